The number of furan rings is 1. The molecule has 0 radical (unpaired) electrons. The van der Waals surface area contributed by atoms with Crippen molar-refractivity contribution in [3.05, 3.63) is 84.3 Å². The van der Waals surface area contributed by atoms with Crippen molar-refractivity contribution >= 4 is 11.6 Å². The van der Waals surface area contributed by atoms with Crippen LogP contribution < -0.4 is 15.4 Å². The Hall–Kier alpha value is -3.21. The third-order valence-electron chi connectivity index (χ3n) is 3.83. The summed E-state index contributed by atoms with van der Waals surface area (Å²) in [6.45, 7) is 1.18. The van der Waals surface area contributed by atoms with E-state index in [1.54, 1.807) is 12.3 Å². The maximum atomic E-state index is 11.9. The molecule has 2 aromatic carbocycles. The number of nitrogens with one attached hydrogen (secondary N) is 2. The van der Waals surface area contributed by atoms with Crippen LogP contribution in [0.1, 0.15) is 11.3 Å². The highest BCUT2D eigenvalue weighted by Gasteiger charge is 2.03. The van der Waals surface area contributed by atoms with E-state index in [1.807, 2.05) is 48.5 Å². The van der Waals surface area contributed by atoms with Gasteiger partial charge in [-0.1, -0.05) is 36.4 Å². The molecule has 2 N–H and O–H groups in total. The van der Waals surface area contributed by atoms with Gasteiger partial charge < -0.3 is 19.8 Å². The van der Waals surface area contributed by atoms with E-state index in [1.165, 1.54) is 5.56 Å². The highest BCUT2D eigenvalue weighted by molar-refractivity contribution is 5.80. The second-order valence-corrected chi connectivity index (χ2v) is 5.82. The fourth-order valence-electron chi connectivity index (χ4n) is 2.47. The lowest BCUT2D eigenvalue weighted by Crippen LogP contribution is -2.29. The molecule has 3 aromatic rings. The van der Waals surface area contributed by atoms with Gasteiger partial charge in [-0.15, -0.1) is 0 Å². The first-order valence-electron chi connectivity index (χ1n) is 8.59. The Morgan fingerprint density at radius 3 is 2.69 bits per heavy atom. The van der Waals surface area contributed by atoms with Gasteiger partial charge in [0.2, 0.25) is 5.91 Å². The summed E-state index contributed by atoms with van der Waals surface area (Å²) in [6, 6.07) is 21.5. The van der Waals surface area contributed by atoms with Gasteiger partial charge in [-0.05, 0) is 29.8 Å². The zero-order valence-corrected chi connectivity index (χ0v) is 14.5. The summed E-state index contributed by atoms with van der Waals surface area (Å²) in [5.74, 6) is 1.41. The van der Waals surface area contributed by atoms with E-state index in [2.05, 4.69) is 22.8 Å². The molecule has 0 fully saturated rings. The molecule has 134 valence electrons. The Morgan fingerprint density at radius 1 is 1.00 bits per heavy atom. The molecule has 0 spiro atoms. The van der Waals surface area contributed by atoms with Crippen LogP contribution in [0, 0.1) is 0 Å². The van der Waals surface area contributed by atoms with Crippen LogP contribution >= 0.6 is 0 Å². The van der Waals surface area contributed by atoms with Crippen molar-refractivity contribution in [2.45, 2.75) is 13.0 Å². The van der Waals surface area contributed by atoms with Gasteiger partial charge >= 0.3 is 0 Å². The second kappa shape index (κ2) is 9.32. The lowest BCUT2D eigenvalue weighted by molar-refractivity contribution is -0.119. The van der Waals surface area contributed by atoms with Crippen LogP contribution in [0.5, 0.6) is 5.75 Å². The number of hydrogen-bond donors (Lipinski definition) is 2. The second-order valence-electron chi connectivity index (χ2n) is 5.82. The number of carbonyl (C=O) groups excluding carboxylic acids is 1. The molecule has 5 heteroatoms. The van der Waals surface area contributed by atoms with Crippen molar-refractivity contribution in [3.8, 4) is 5.75 Å². The van der Waals surface area contributed by atoms with Gasteiger partial charge in [0.15, 0.2) is 0 Å². The summed E-state index contributed by atoms with van der Waals surface area (Å²) in [5, 5.41) is 5.90. The van der Waals surface area contributed by atoms with Gasteiger partial charge in [-0.2, -0.15) is 0 Å². The van der Waals surface area contributed by atoms with Gasteiger partial charge in [-0.25, -0.2) is 0 Å². The average molecular weight is 350 g/mol. The zero-order chi connectivity index (χ0) is 18.0. The first-order valence-corrected chi connectivity index (χ1v) is 8.59. The van der Waals surface area contributed by atoms with Crippen molar-refractivity contribution in [2.24, 2.45) is 0 Å². The number of amides is 1. The topological polar surface area (TPSA) is 63.5 Å². The van der Waals surface area contributed by atoms with Crippen molar-refractivity contribution in [1.82, 2.24) is 5.32 Å². The SMILES string of the molecule is O=C(CNc1cccc(OCCc2ccccc2)c1)NCc1ccco1. The van der Waals surface area contributed by atoms with Gasteiger partial charge in [0, 0.05) is 18.2 Å². The van der Waals surface area contributed by atoms with Crippen LogP contribution in [0.4, 0.5) is 5.69 Å². The van der Waals surface area contributed by atoms with E-state index >= 15 is 0 Å². The van der Waals surface area contributed by atoms with E-state index in [0.717, 1.165) is 23.6 Å². The lowest BCUT2D eigenvalue weighted by atomic mass is 10.2. The van der Waals surface area contributed by atoms with Crippen LogP contribution in [0.15, 0.2) is 77.4 Å². The molecule has 26 heavy (non-hydrogen) atoms. The van der Waals surface area contributed by atoms with E-state index < -0.39 is 0 Å². The molecule has 1 aromatic heterocycles. The van der Waals surface area contributed by atoms with E-state index in [0.29, 0.717) is 13.2 Å². The molecular formula is C21H22N2O3. The molecule has 3 rings (SSSR count). The Morgan fingerprint density at radius 2 is 1.88 bits per heavy atom. The predicted octanol–water partition coefficient (Wildman–Crippen LogP) is 3.63. The summed E-state index contributed by atoms with van der Waals surface area (Å²) >= 11 is 0. The summed E-state index contributed by atoms with van der Waals surface area (Å²) in [5.41, 5.74) is 2.09. The Kier molecular flexibility index (Phi) is 6.31. The van der Waals surface area contributed by atoms with Crippen molar-refractivity contribution < 1.29 is 13.9 Å². The molecule has 0 atom stereocenters. The number of hydrogen-bond acceptors (Lipinski definition) is 4. The summed E-state index contributed by atoms with van der Waals surface area (Å²) in [6.07, 6.45) is 2.44. The third-order valence-corrected chi connectivity index (χ3v) is 3.83. The molecule has 0 saturated carbocycles. The minimum atomic E-state index is -0.100. The van der Waals surface area contributed by atoms with E-state index in [-0.39, 0.29) is 12.5 Å². The molecule has 1 amide bonds. The number of carbonyl (C=O) groups is 1. The molecule has 0 unspecified atom stereocenters. The smallest absolute Gasteiger partial charge is 0.239 e. The lowest BCUT2D eigenvalue weighted by Gasteiger charge is -2.10. The Balaban J connectivity index is 1.41. The number of ether oxygens (including phenoxy) is 1. The van der Waals surface area contributed by atoms with Crippen LogP contribution in [-0.4, -0.2) is 19.1 Å². The molecular weight excluding hydrogens is 328 g/mol. The van der Waals surface area contributed by atoms with Crippen LogP contribution in [-0.2, 0) is 17.8 Å². The first-order chi connectivity index (χ1) is 12.8. The van der Waals surface area contributed by atoms with Crippen LogP contribution in [0.25, 0.3) is 0 Å². The zero-order valence-electron chi connectivity index (χ0n) is 14.5. The molecule has 0 aliphatic carbocycles. The minimum Gasteiger partial charge on any atom is -0.493 e. The molecule has 0 saturated heterocycles. The van der Waals surface area contributed by atoms with Crippen molar-refractivity contribution in [1.29, 1.82) is 0 Å². The predicted molar refractivity (Wildman–Crippen MR) is 101 cm³/mol. The minimum absolute atomic E-state index is 0.100. The monoisotopic (exact) mass is 350 g/mol. The van der Waals surface area contributed by atoms with Crippen LogP contribution in [0.2, 0.25) is 0 Å². The molecule has 0 aliphatic rings. The van der Waals surface area contributed by atoms with Gasteiger partial charge in [-0.3, -0.25) is 4.79 Å². The fraction of sp³-hybridized carbons (Fsp3) is 0.190. The fourth-order valence-corrected chi connectivity index (χ4v) is 2.47. The normalized spacial score (nSPS) is 10.3. The summed E-state index contributed by atoms with van der Waals surface area (Å²) in [7, 11) is 0. The van der Waals surface area contributed by atoms with Crippen molar-refractivity contribution in [3.63, 3.8) is 0 Å². The highest BCUT2D eigenvalue weighted by Crippen LogP contribution is 2.17. The number of rotatable bonds is 9. The summed E-state index contributed by atoms with van der Waals surface area (Å²) in [4.78, 5) is 11.9. The van der Waals surface area contributed by atoms with E-state index in [4.69, 9.17) is 9.15 Å². The highest BCUT2D eigenvalue weighted by atomic mass is 16.5. The first kappa shape index (κ1) is 17.6. The summed E-state index contributed by atoms with van der Waals surface area (Å²) < 4.78 is 11.0. The Bertz CT molecular complexity index is 801. The number of anilines is 1. The molecule has 1 heterocycles. The molecule has 0 bridgehead atoms. The molecule has 0 aliphatic heterocycles. The quantitative estimate of drug-likeness (QED) is 0.619. The standard InChI is InChI=1S/C21H22N2O3/c24-21(23-15-20-10-5-12-25-20)16-22-18-8-4-9-19(14-18)26-13-11-17-6-2-1-3-7-17/h1-10,12,14,22H,11,13,15-16H2,(H,23,24). The molecule has 5 nitrogen and oxygen atoms in total. The van der Waals surface area contributed by atoms with Crippen molar-refractivity contribution in [2.75, 3.05) is 18.5 Å². The largest absolute Gasteiger partial charge is 0.493 e. The third kappa shape index (κ3) is 5.70. The van der Waals surface area contributed by atoms with Crippen LogP contribution in [0.3, 0.4) is 0 Å². The average Bonchev–Trinajstić information content (AvgIpc) is 3.20. The van der Waals surface area contributed by atoms with Gasteiger partial charge in [0.25, 0.3) is 0 Å². The van der Waals surface area contributed by atoms with E-state index in [9.17, 15) is 4.79 Å². The maximum Gasteiger partial charge on any atom is 0.239 e. The Labute approximate surface area is 153 Å². The van der Waals surface area contributed by atoms with Gasteiger partial charge in [0.05, 0.1) is 26.0 Å². The number of benzene rings is 2. The van der Waals surface area contributed by atoms with Gasteiger partial charge in [0.1, 0.15) is 11.5 Å². The maximum absolute atomic E-state index is 11.9.